The van der Waals surface area contributed by atoms with Gasteiger partial charge in [-0.2, -0.15) is 0 Å². The van der Waals surface area contributed by atoms with E-state index in [1.807, 2.05) is 60.7 Å². The molecule has 0 unspecified atom stereocenters. The summed E-state index contributed by atoms with van der Waals surface area (Å²) in [5, 5.41) is 18.9. The number of aliphatic hydroxyl groups is 1. The average molecular weight is 592 g/mol. The summed E-state index contributed by atoms with van der Waals surface area (Å²) in [6.07, 6.45) is -2.01. The van der Waals surface area contributed by atoms with Crippen LogP contribution in [0.2, 0.25) is 0 Å². The standard InChI is InChI=1S/C29H42N3O8P/c1-20(30-27(35)24(18-22-15-11-8-12-16-22)32-28(36)40-29(2,3)4)26(34)31-23(17-21-13-9-7-10-14-21)25(33)19-41(37,38-5)39-6/h7-16,20,23-25,33H,17-19H2,1-6H3,(H,30,35)(H,31,34)(H,32,36)/t20-,23-,24-,25-/m0/s1. The van der Waals surface area contributed by atoms with Crippen LogP contribution in [0, 0.1) is 0 Å². The molecule has 12 heteroatoms. The van der Waals surface area contributed by atoms with Gasteiger partial charge in [0.05, 0.1) is 18.3 Å². The minimum absolute atomic E-state index is 0.166. The number of benzene rings is 2. The average Bonchev–Trinajstić information content (AvgIpc) is 2.92. The molecule has 4 atom stereocenters. The Morgan fingerprint density at radius 3 is 1.83 bits per heavy atom. The van der Waals surface area contributed by atoms with E-state index in [4.69, 9.17) is 13.8 Å². The van der Waals surface area contributed by atoms with Gasteiger partial charge in [0.2, 0.25) is 11.8 Å². The molecule has 0 bridgehead atoms. The first kappa shape index (κ1) is 34.0. The monoisotopic (exact) mass is 591 g/mol. The lowest BCUT2D eigenvalue weighted by molar-refractivity contribution is -0.130. The molecule has 3 amide bonds. The maximum absolute atomic E-state index is 13.3. The molecule has 41 heavy (non-hydrogen) atoms. The van der Waals surface area contributed by atoms with Crippen LogP contribution in [-0.4, -0.2) is 73.2 Å². The van der Waals surface area contributed by atoms with Crippen LogP contribution in [0.1, 0.15) is 38.8 Å². The summed E-state index contributed by atoms with van der Waals surface area (Å²) < 4.78 is 27.9. The van der Waals surface area contributed by atoms with Crippen LogP contribution in [-0.2, 0) is 40.8 Å². The molecule has 0 aliphatic rings. The van der Waals surface area contributed by atoms with Crippen molar-refractivity contribution in [3.8, 4) is 0 Å². The Hall–Kier alpha value is -3.24. The Kier molecular flexibility index (Phi) is 13.0. The van der Waals surface area contributed by atoms with Crippen molar-refractivity contribution >= 4 is 25.5 Å². The second-order valence-corrected chi connectivity index (χ2v) is 13.0. The van der Waals surface area contributed by atoms with E-state index in [1.54, 1.807) is 20.8 Å². The summed E-state index contributed by atoms with van der Waals surface area (Å²) in [6, 6.07) is 15.3. The fourth-order valence-corrected chi connectivity index (χ4v) is 5.09. The van der Waals surface area contributed by atoms with Gasteiger partial charge in [-0.05, 0) is 45.2 Å². The minimum Gasteiger partial charge on any atom is -0.444 e. The molecule has 0 aliphatic heterocycles. The molecule has 0 radical (unpaired) electrons. The minimum atomic E-state index is -3.58. The van der Waals surface area contributed by atoms with Crippen molar-refractivity contribution in [1.82, 2.24) is 16.0 Å². The molecule has 4 N–H and O–H groups in total. The number of rotatable bonds is 14. The third kappa shape index (κ3) is 12.0. The van der Waals surface area contributed by atoms with Gasteiger partial charge in [0.1, 0.15) is 17.7 Å². The van der Waals surface area contributed by atoms with Crippen LogP contribution in [0.3, 0.4) is 0 Å². The molecule has 0 saturated carbocycles. The Morgan fingerprint density at radius 1 is 0.829 bits per heavy atom. The number of amides is 3. The number of hydrogen-bond donors (Lipinski definition) is 4. The molecule has 2 aromatic carbocycles. The van der Waals surface area contributed by atoms with Gasteiger partial charge >= 0.3 is 13.7 Å². The van der Waals surface area contributed by atoms with Gasteiger partial charge in [0.15, 0.2) is 0 Å². The number of carbonyl (C=O) groups is 3. The SMILES string of the molecule is COP(=O)(C[C@H](O)[C@H](Cc1ccccc1)NC(=O)[C@H](C)NC(=O)[C@H](Cc1ccccc1)NC(=O)OC(C)(C)C)OC. The zero-order chi connectivity index (χ0) is 30.6. The van der Waals surface area contributed by atoms with E-state index in [9.17, 15) is 24.1 Å². The van der Waals surface area contributed by atoms with Crippen molar-refractivity contribution in [3.05, 3.63) is 71.8 Å². The predicted molar refractivity (Wildman–Crippen MR) is 155 cm³/mol. The molecular weight excluding hydrogens is 549 g/mol. The van der Waals surface area contributed by atoms with Gasteiger partial charge in [0.25, 0.3) is 0 Å². The Bertz CT molecular complexity index is 1170. The highest BCUT2D eigenvalue weighted by Gasteiger charge is 2.33. The summed E-state index contributed by atoms with van der Waals surface area (Å²) in [5.74, 6) is -1.18. The van der Waals surface area contributed by atoms with Gasteiger partial charge in [-0.3, -0.25) is 14.2 Å². The highest BCUT2D eigenvalue weighted by Crippen LogP contribution is 2.47. The third-order valence-electron chi connectivity index (χ3n) is 6.10. The second-order valence-electron chi connectivity index (χ2n) is 10.6. The summed E-state index contributed by atoms with van der Waals surface area (Å²) in [5.41, 5.74) is 0.852. The highest BCUT2D eigenvalue weighted by atomic mass is 31.2. The largest absolute Gasteiger partial charge is 0.444 e. The van der Waals surface area contributed by atoms with E-state index in [1.165, 1.54) is 21.1 Å². The lowest BCUT2D eigenvalue weighted by atomic mass is 10.0. The Labute approximate surface area is 241 Å². The second kappa shape index (κ2) is 15.7. The quantitative estimate of drug-likeness (QED) is 0.245. The van der Waals surface area contributed by atoms with Crippen molar-refractivity contribution in [2.75, 3.05) is 20.4 Å². The molecule has 2 aromatic rings. The predicted octanol–water partition coefficient (Wildman–Crippen LogP) is 3.20. The van der Waals surface area contributed by atoms with Crippen LogP contribution in [0.4, 0.5) is 4.79 Å². The zero-order valence-electron chi connectivity index (χ0n) is 24.5. The third-order valence-corrected chi connectivity index (χ3v) is 8.03. The molecular formula is C29H42N3O8P. The molecule has 0 saturated heterocycles. The molecule has 0 fully saturated rings. The lowest BCUT2D eigenvalue weighted by Crippen LogP contribution is -2.56. The van der Waals surface area contributed by atoms with Gasteiger partial charge in [-0.15, -0.1) is 0 Å². The van der Waals surface area contributed by atoms with Crippen molar-refractivity contribution in [2.45, 2.75) is 70.4 Å². The maximum atomic E-state index is 13.3. The molecule has 0 aliphatic carbocycles. The van der Waals surface area contributed by atoms with Gasteiger partial charge < -0.3 is 34.8 Å². The Morgan fingerprint density at radius 2 is 1.34 bits per heavy atom. The van der Waals surface area contributed by atoms with Crippen LogP contribution in [0.25, 0.3) is 0 Å². The number of nitrogens with one attached hydrogen (secondary N) is 3. The van der Waals surface area contributed by atoms with E-state index in [2.05, 4.69) is 16.0 Å². The van der Waals surface area contributed by atoms with Crippen molar-refractivity contribution < 1.29 is 37.8 Å². The maximum Gasteiger partial charge on any atom is 0.408 e. The summed E-state index contributed by atoms with van der Waals surface area (Å²) in [7, 11) is -1.15. The van der Waals surface area contributed by atoms with E-state index in [-0.39, 0.29) is 19.0 Å². The smallest absolute Gasteiger partial charge is 0.408 e. The van der Waals surface area contributed by atoms with E-state index >= 15 is 0 Å². The van der Waals surface area contributed by atoms with E-state index < -0.39 is 55.3 Å². The van der Waals surface area contributed by atoms with Crippen LogP contribution in [0.15, 0.2) is 60.7 Å². The summed E-state index contributed by atoms with van der Waals surface area (Å²) >= 11 is 0. The molecule has 226 valence electrons. The summed E-state index contributed by atoms with van der Waals surface area (Å²) in [6.45, 7) is 6.62. The normalized spacial score (nSPS) is 14.7. The van der Waals surface area contributed by atoms with E-state index in [0.29, 0.717) is 0 Å². The highest BCUT2D eigenvalue weighted by molar-refractivity contribution is 7.53. The van der Waals surface area contributed by atoms with Gasteiger partial charge in [-0.25, -0.2) is 4.79 Å². The molecule has 11 nitrogen and oxygen atoms in total. The van der Waals surface area contributed by atoms with Crippen molar-refractivity contribution in [1.29, 1.82) is 0 Å². The Balaban J connectivity index is 2.17. The molecule has 0 aromatic heterocycles. The van der Waals surface area contributed by atoms with Crippen LogP contribution < -0.4 is 16.0 Å². The first-order valence-electron chi connectivity index (χ1n) is 13.3. The molecule has 0 spiro atoms. The first-order chi connectivity index (χ1) is 19.2. The van der Waals surface area contributed by atoms with Crippen molar-refractivity contribution in [2.24, 2.45) is 0 Å². The fourth-order valence-electron chi connectivity index (χ4n) is 3.93. The van der Waals surface area contributed by atoms with Gasteiger partial charge in [-0.1, -0.05) is 60.7 Å². The number of carbonyl (C=O) groups excluding carboxylic acids is 3. The fraction of sp³-hybridized carbons (Fsp3) is 0.483. The number of ether oxygens (including phenoxy) is 1. The number of hydrogen-bond acceptors (Lipinski definition) is 8. The zero-order valence-corrected chi connectivity index (χ0v) is 25.4. The van der Waals surface area contributed by atoms with Crippen molar-refractivity contribution in [3.63, 3.8) is 0 Å². The number of aliphatic hydroxyl groups excluding tert-OH is 1. The van der Waals surface area contributed by atoms with E-state index in [0.717, 1.165) is 11.1 Å². The topological polar surface area (TPSA) is 152 Å². The molecule has 2 rings (SSSR count). The number of alkyl carbamates (subject to hydrolysis) is 1. The van der Waals surface area contributed by atoms with Gasteiger partial charge in [0, 0.05) is 20.6 Å². The molecule has 0 heterocycles. The summed E-state index contributed by atoms with van der Waals surface area (Å²) in [4.78, 5) is 38.9. The first-order valence-corrected chi connectivity index (χ1v) is 15.0. The van der Waals surface area contributed by atoms with Crippen LogP contribution in [0.5, 0.6) is 0 Å². The lowest BCUT2D eigenvalue weighted by Gasteiger charge is -2.28. The van der Waals surface area contributed by atoms with Crippen LogP contribution >= 0.6 is 7.60 Å².